The Bertz CT molecular complexity index is 669. The summed E-state index contributed by atoms with van der Waals surface area (Å²) in [4.78, 5) is 11.6. The van der Waals surface area contributed by atoms with Gasteiger partial charge in [-0.1, -0.05) is 12.1 Å². The molecular formula is C16H14F4N2O. The van der Waals surface area contributed by atoms with E-state index >= 15 is 0 Å². The van der Waals surface area contributed by atoms with Crippen LogP contribution in [-0.4, -0.2) is 12.6 Å². The molecular weight excluding hydrogens is 312 g/mol. The molecule has 0 unspecified atom stereocenters. The number of hydrogen-bond donors (Lipinski definition) is 2. The van der Waals surface area contributed by atoms with E-state index in [-0.39, 0.29) is 18.0 Å². The first kappa shape index (κ1) is 16.8. The second kappa shape index (κ2) is 7.13. The molecule has 0 saturated heterocycles. The maximum atomic E-state index is 13.0. The van der Waals surface area contributed by atoms with E-state index < -0.39 is 17.8 Å². The largest absolute Gasteiger partial charge is 0.416 e. The van der Waals surface area contributed by atoms with Crippen LogP contribution < -0.4 is 10.6 Å². The third kappa shape index (κ3) is 5.28. The number of halogens is 4. The Morgan fingerprint density at radius 3 is 2.35 bits per heavy atom. The second-order valence-electron chi connectivity index (χ2n) is 4.84. The number of amides is 2. The molecule has 3 nitrogen and oxygen atoms in total. The third-order valence-corrected chi connectivity index (χ3v) is 3.06. The highest BCUT2D eigenvalue weighted by Crippen LogP contribution is 2.29. The number of alkyl halides is 3. The number of hydrogen-bond acceptors (Lipinski definition) is 1. The fourth-order valence-corrected chi connectivity index (χ4v) is 1.93. The molecule has 0 aliphatic heterocycles. The van der Waals surface area contributed by atoms with Crippen molar-refractivity contribution in [3.05, 3.63) is 65.5 Å². The van der Waals surface area contributed by atoms with Crippen molar-refractivity contribution in [1.82, 2.24) is 5.32 Å². The van der Waals surface area contributed by atoms with Gasteiger partial charge in [0.25, 0.3) is 0 Å². The molecule has 122 valence electrons. The van der Waals surface area contributed by atoms with Gasteiger partial charge in [-0.3, -0.25) is 0 Å². The van der Waals surface area contributed by atoms with Crippen LogP contribution >= 0.6 is 0 Å². The lowest BCUT2D eigenvalue weighted by Gasteiger charge is -2.10. The average Bonchev–Trinajstić information content (AvgIpc) is 2.47. The standard InChI is InChI=1S/C16H14F4N2O/c17-13-3-1-2-11(10-13)8-9-21-15(23)22-14-6-4-12(5-7-14)16(18,19)20/h1-7,10H,8-9H2,(H2,21,22,23). The summed E-state index contributed by atoms with van der Waals surface area (Å²) in [5.41, 5.74) is 0.204. The van der Waals surface area contributed by atoms with Gasteiger partial charge in [-0.2, -0.15) is 13.2 Å². The topological polar surface area (TPSA) is 41.1 Å². The Balaban J connectivity index is 1.80. The van der Waals surface area contributed by atoms with E-state index in [0.29, 0.717) is 6.42 Å². The van der Waals surface area contributed by atoms with Gasteiger partial charge in [0.2, 0.25) is 0 Å². The zero-order chi connectivity index (χ0) is 16.9. The van der Waals surface area contributed by atoms with Gasteiger partial charge in [0.05, 0.1) is 5.56 Å². The van der Waals surface area contributed by atoms with Crippen LogP contribution in [-0.2, 0) is 12.6 Å². The Morgan fingerprint density at radius 2 is 1.74 bits per heavy atom. The molecule has 0 atom stereocenters. The summed E-state index contributed by atoms with van der Waals surface area (Å²) in [7, 11) is 0. The molecule has 0 aliphatic carbocycles. The minimum absolute atomic E-state index is 0.251. The summed E-state index contributed by atoms with van der Waals surface area (Å²) in [5.74, 6) is -0.350. The smallest absolute Gasteiger partial charge is 0.338 e. The lowest BCUT2D eigenvalue weighted by Crippen LogP contribution is -2.30. The van der Waals surface area contributed by atoms with Gasteiger partial charge in [-0.15, -0.1) is 0 Å². The van der Waals surface area contributed by atoms with Crippen molar-refractivity contribution in [2.24, 2.45) is 0 Å². The molecule has 7 heteroatoms. The van der Waals surface area contributed by atoms with Crippen LogP contribution in [0, 0.1) is 5.82 Å². The minimum Gasteiger partial charge on any atom is -0.338 e. The molecule has 0 fully saturated rings. The molecule has 0 radical (unpaired) electrons. The van der Waals surface area contributed by atoms with E-state index in [4.69, 9.17) is 0 Å². The molecule has 2 aromatic rings. The van der Waals surface area contributed by atoms with Gasteiger partial charge in [0, 0.05) is 12.2 Å². The number of rotatable bonds is 4. The van der Waals surface area contributed by atoms with E-state index in [1.54, 1.807) is 12.1 Å². The zero-order valence-electron chi connectivity index (χ0n) is 12.0. The van der Waals surface area contributed by atoms with Gasteiger partial charge in [-0.25, -0.2) is 9.18 Å². The Morgan fingerprint density at radius 1 is 1.04 bits per heavy atom. The van der Waals surface area contributed by atoms with Crippen LogP contribution in [0.3, 0.4) is 0 Å². The predicted molar refractivity (Wildman–Crippen MR) is 78.6 cm³/mol. The van der Waals surface area contributed by atoms with E-state index in [0.717, 1.165) is 17.7 Å². The fraction of sp³-hybridized carbons (Fsp3) is 0.188. The van der Waals surface area contributed by atoms with E-state index in [9.17, 15) is 22.4 Å². The van der Waals surface area contributed by atoms with Crippen molar-refractivity contribution in [3.63, 3.8) is 0 Å². The highest BCUT2D eigenvalue weighted by atomic mass is 19.4. The Labute approximate surface area is 130 Å². The van der Waals surface area contributed by atoms with Crippen LogP contribution in [0.1, 0.15) is 11.1 Å². The fourth-order valence-electron chi connectivity index (χ4n) is 1.93. The highest BCUT2D eigenvalue weighted by Gasteiger charge is 2.29. The molecule has 0 heterocycles. The molecule has 0 saturated carbocycles. The molecule has 2 N–H and O–H groups in total. The van der Waals surface area contributed by atoms with E-state index in [2.05, 4.69) is 10.6 Å². The number of nitrogens with one attached hydrogen (secondary N) is 2. The first-order valence-electron chi connectivity index (χ1n) is 6.81. The lowest BCUT2D eigenvalue weighted by atomic mass is 10.1. The number of carbonyl (C=O) groups excluding carboxylic acids is 1. The van der Waals surface area contributed by atoms with Crippen molar-refractivity contribution in [2.75, 3.05) is 11.9 Å². The summed E-state index contributed by atoms with van der Waals surface area (Å²) in [6.07, 6.45) is -3.97. The maximum absolute atomic E-state index is 13.0. The van der Waals surface area contributed by atoms with Gasteiger partial charge < -0.3 is 10.6 Å². The first-order valence-corrected chi connectivity index (χ1v) is 6.81. The van der Waals surface area contributed by atoms with Gasteiger partial charge in [0.15, 0.2) is 0 Å². The van der Waals surface area contributed by atoms with Crippen molar-refractivity contribution >= 4 is 11.7 Å². The normalized spacial score (nSPS) is 11.1. The molecule has 2 rings (SSSR count). The molecule has 0 spiro atoms. The molecule has 0 aromatic heterocycles. The summed E-state index contributed by atoms with van der Waals surface area (Å²) >= 11 is 0. The van der Waals surface area contributed by atoms with Crippen LogP contribution in [0.25, 0.3) is 0 Å². The average molecular weight is 326 g/mol. The Hall–Kier alpha value is -2.57. The monoisotopic (exact) mass is 326 g/mol. The number of anilines is 1. The van der Waals surface area contributed by atoms with E-state index in [1.165, 1.54) is 24.3 Å². The second-order valence-corrected chi connectivity index (χ2v) is 4.84. The van der Waals surface area contributed by atoms with Crippen molar-refractivity contribution in [2.45, 2.75) is 12.6 Å². The minimum atomic E-state index is -4.41. The molecule has 0 aliphatic rings. The third-order valence-electron chi connectivity index (χ3n) is 3.06. The highest BCUT2D eigenvalue weighted by molar-refractivity contribution is 5.89. The molecule has 23 heavy (non-hydrogen) atoms. The van der Waals surface area contributed by atoms with Crippen LogP contribution in [0.15, 0.2) is 48.5 Å². The van der Waals surface area contributed by atoms with Crippen molar-refractivity contribution in [3.8, 4) is 0 Å². The van der Waals surface area contributed by atoms with Crippen LogP contribution in [0.2, 0.25) is 0 Å². The summed E-state index contributed by atoms with van der Waals surface area (Å²) < 4.78 is 50.2. The maximum Gasteiger partial charge on any atom is 0.416 e. The SMILES string of the molecule is O=C(NCCc1cccc(F)c1)Nc1ccc(C(F)(F)F)cc1. The van der Waals surface area contributed by atoms with Crippen LogP contribution in [0.5, 0.6) is 0 Å². The molecule has 2 aromatic carbocycles. The van der Waals surface area contributed by atoms with Crippen LogP contribution in [0.4, 0.5) is 28.0 Å². The molecule has 2 amide bonds. The summed E-state index contributed by atoms with van der Waals surface area (Å²) in [6, 6.07) is 9.60. The predicted octanol–water partition coefficient (Wildman–Crippen LogP) is 4.21. The first-order chi connectivity index (χ1) is 10.8. The number of benzene rings is 2. The van der Waals surface area contributed by atoms with Crippen molar-refractivity contribution in [1.29, 1.82) is 0 Å². The van der Waals surface area contributed by atoms with Gasteiger partial charge in [-0.05, 0) is 48.4 Å². The van der Waals surface area contributed by atoms with Crippen molar-refractivity contribution < 1.29 is 22.4 Å². The zero-order valence-corrected chi connectivity index (χ0v) is 12.0. The van der Waals surface area contributed by atoms with E-state index in [1.807, 2.05) is 0 Å². The summed E-state index contributed by atoms with van der Waals surface area (Å²) in [5, 5.41) is 4.98. The number of urea groups is 1. The number of carbonyl (C=O) groups is 1. The van der Waals surface area contributed by atoms with Gasteiger partial charge >= 0.3 is 12.2 Å². The molecule has 0 bridgehead atoms. The lowest BCUT2D eigenvalue weighted by molar-refractivity contribution is -0.137. The quantitative estimate of drug-likeness (QED) is 0.812. The van der Waals surface area contributed by atoms with Gasteiger partial charge in [0.1, 0.15) is 5.82 Å². The summed E-state index contributed by atoms with van der Waals surface area (Å²) in [6.45, 7) is 0.274. The Kier molecular flexibility index (Phi) is 5.20.